The number of aliphatic hydroxyl groups excluding tert-OH is 1. The van der Waals surface area contributed by atoms with Crippen molar-refractivity contribution in [2.45, 2.75) is 31.9 Å². The van der Waals surface area contributed by atoms with E-state index in [0.29, 0.717) is 26.0 Å². The molecule has 1 aliphatic heterocycles. The Labute approximate surface area is 84.1 Å². The first-order valence-corrected chi connectivity index (χ1v) is 4.29. The van der Waals surface area contributed by atoms with Crippen molar-refractivity contribution in [2.24, 2.45) is 0 Å². The average Bonchev–Trinajstić information content (AvgIpc) is 2.36. The van der Waals surface area contributed by atoms with Crippen LogP contribution >= 0.6 is 12.4 Å². The van der Waals surface area contributed by atoms with Gasteiger partial charge in [-0.1, -0.05) is 0 Å². The van der Waals surface area contributed by atoms with Crippen LogP contribution in [0.3, 0.4) is 0 Å². The van der Waals surface area contributed by atoms with Crippen LogP contribution < -0.4 is 5.32 Å². The summed E-state index contributed by atoms with van der Waals surface area (Å²) in [5.41, 5.74) is 0. The maximum absolute atomic E-state index is 11.0. The average molecular weight is 210 g/mol. The summed E-state index contributed by atoms with van der Waals surface area (Å²) in [6.45, 7) is 2.80. The van der Waals surface area contributed by atoms with Crippen LogP contribution in [0.5, 0.6) is 0 Å². The van der Waals surface area contributed by atoms with Gasteiger partial charge in [-0.3, -0.25) is 4.79 Å². The van der Waals surface area contributed by atoms with Gasteiger partial charge in [0.05, 0.1) is 19.1 Å². The highest BCUT2D eigenvalue weighted by Crippen LogP contribution is 2.10. The molecule has 0 saturated carbocycles. The van der Waals surface area contributed by atoms with E-state index in [2.05, 4.69) is 5.32 Å². The number of halogens is 1. The number of hydrogen-bond acceptors (Lipinski definition) is 4. The zero-order valence-corrected chi connectivity index (χ0v) is 8.47. The smallest absolute Gasteiger partial charge is 0.307 e. The fourth-order valence-corrected chi connectivity index (χ4v) is 1.37. The van der Waals surface area contributed by atoms with Gasteiger partial charge < -0.3 is 15.2 Å². The first-order chi connectivity index (χ1) is 5.72. The third kappa shape index (κ3) is 4.45. The summed E-state index contributed by atoms with van der Waals surface area (Å²) < 4.78 is 4.78. The van der Waals surface area contributed by atoms with Crippen LogP contribution in [0.4, 0.5) is 0 Å². The Bertz CT molecular complexity index is 165. The normalized spacial score (nSPS) is 26.6. The van der Waals surface area contributed by atoms with Crippen molar-refractivity contribution in [1.82, 2.24) is 5.32 Å². The van der Waals surface area contributed by atoms with Crippen molar-refractivity contribution in [3.63, 3.8) is 0 Å². The van der Waals surface area contributed by atoms with Gasteiger partial charge in [0.2, 0.25) is 0 Å². The number of esters is 1. The van der Waals surface area contributed by atoms with E-state index in [1.54, 1.807) is 6.92 Å². The van der Waals surface area contributed by atoms with E-state index in [9.17, 15) is 4.79 Å². The Morgan fingerprint density at radius 2 is 2.38 bits per heavy atom. The second-order valence-electron chi connectivity index (χ2n) is 3.00. The molecule has 1 aliphatic rings. The Kier molecular flexibility index (Phi) is 6.03. The van der Waals surface area contributed by atoms with E-state index >= 15 is 0 Å². The minimum atomic E-state index is -0.301. The zero-order chi connectivity index (χ0) is 8.97. The Hall–Kier alpha value is -0.320. The van der Waals surface area contributed by atoms with Crippen LogP contribution in [0.2, 0.25) is 0 Å². The molecular weight excluding hydrogens is 194 g/mol. The highest BCUT2D eigenvalue weighted by molar-refractivity contribution is 5.85. The molecule has 1 saturated heterocycles. The molecule has 13 heavy (non-hydrogen) atoms. The first-order valence-electron chi connectivity index (χ1n) is 4.29. The molecule has 1 heterocycles. The molecule has 0 radical (unpaired) electrons. The van der Waals surface area contributed by atoms with Gasteiger partial charge in [0.15, 0.2) is 0 Å². The minimum absolute atomic E-state index is 0. The molecular formula is C8H16ClNO3. The van der Waals surface area contributed by atoms with Crippen LogP contribution in [0.15, 0.2) is 0 Å². The predicted octanol–water partition coefficient (Wildman–Crippen LogP) is 0.0842. The van der Waals surface area contributed by atoms with Crippen LogP contribution in [0.1, 0.15) is 19.8 Å². The number of hydrogen-bond donors (Lipinski definition) is 2. The molecule has 0 aromatic carbocycles. The van der Waals surface area contributed by atoms with Crippen molar-refractivity contribution in [1.29, 1.82) is 0 Å². The molecule has 5 heteroatoms. The quantitative estimate of drug-likeness (QED) is 0.647. The van der Waals surface area contributed by atoms with Crippen molar-refractivity contribution < 1.29 is 14.6 Å². The standard InChI is InChI=1S/C8H15NO3.ClH/c1-2-12-8(11)4-6-3-7(10)5-9-6;/h6-7,9-10H,2-5H2,1H3;1H/t6-,7-;/m1./s1. The monoisotopic (exact) mass is 209 g/mol. The van der Waals surface area contributed by atoms with Crippen LogP contribution in [-0.4, -0.2) is 36.4 Å². The van der Waals surface area contributed by atoms with Crippen LogP contribution in [0.25, 0.3) is 0 Å². The molecule has 4 nitrogen and oxygen atoms in total. The lowest BCUT2D eigenvalue weighted by molar-refractivity contribution is -0.143. The lowest BCUT2D eigenvalue weighted by Crippen LogP contribution is -2.25. The second-order valence-corrected chi connectivity index (χ2v) is 3.00. The number of carbonyl (C=O) groups excluding carboxylic acids is 1. The summed E-state index contributed by atoms with van der Waals surface area (Å²) in [7, 11) is 0. The Morgan fingerprint density at radius 1 is 1.69 bits per heavy atom. The van der Waals surface area contributed by atoms with Gasteiger partial charge in [-0.2, -0.15) is 0 Å². The van der Waals surface area contributed by atoms with Crippen LogP contribution in [-0.2, 0) is 9.53 Å². The summed E-state index contributed by atoms with van der Waals surface area (Å²) in [6.07, 6.45) is 0.716. The molecule has 1 rings (SSSR count). The molecule has 0 aromatic rings. The molecule has 0 aliphatic carbocycles. The molecule has 0 amide bonds. The molecule has 2 N–H and O–H groups in total. The van der Waals surface area contributed by atoms with E-state index in [1.807, 2.05) is 0 Å². The predicted molar refractivity (Wildman–Crippen MR) is 50.9 cm³/mol. The third-order valence-electron chi connectivity index (χ3n) is 1.92. The molecule has 1 fully saturated rings. The van der Waals surface area contributed by atoms with Crippen molar-refractivity contribution in [2.75, 3.05) is 13.2 Å². The number of ether oxygens (including phenoxy) is 1. The fraction of sp³-hybridized carbons (Fsp3) is 0.875. The highest BCUT2D eigenvalue weighted by atomic mass is 35.5. The molecule has 0 unspecified atom stereocenters. The summed E-state index contributed by atoms with van der Waals surface area (Å²) in [4.78, 5) is 11.0. The molecule has 2 atom stereocenters. The maximum Gasteiger partial charge on any atom is 0.307 e. The first kappa shape index (κ1) is 12.7. The van der Waals surface area contributed by atoms with E-state index in [-0.39, 0.29) is 30.5 Å². The van der Waals surface area contributed by atoms with Gasteiger partial charge in [-0.25, -0.2) is 0 Å². The Morgan fingerprint density at radius 3 is 2.85 bits per heavy atom. The number of rotatable bonds is 3. The van der Waals surface area contributed by atoms with E-state index in [1.165, 1.54) is 0 Å². The summed E-state index contributed by atoms with van der Waals surface area (Å²) in [5.74, 6) is -0.191. The SMILES string of the molecule is CCOC(=O)C[C@H]1C[C@@H](O)CN1.Cl. The van der Waals surface area contributed by atoms with Crippen LogP contribution in [0, 0.1) is 0 Å². The van der Waals surface area contributed by atoms with Gasteiger partial charge >= 0.3 is 5.97 Å². The lowest BCUT2D eigenvalue weighted by atomic mass is 10.1. The molecule has 0 spiro atoms. The van der Waals surface area contributed by atoms with Crippen molar-refractivity contribution >= 4 is 18.4 Å². The van der Waals surface area contributed by atoms with E-state index < -0.39 is 0 Å². The number of nitrogens with one attached hydrogen (secondary N) is 1. The van der Waals surface area contributed by atoms with E-state index in [4.69, 9.17) is 9.84 Å². The Balaban J connectivity index is 0.00000144. The minimum Gasteiger partial charge on any atom is -0.466 e. The topological polar surface area (TPSA) is 58.6 Å². The molecule has 0 aromatic heterocycles. The maximum atomic E-state index is 11.0. The van der Waals surface area contributed by atoms with Gasteiger partial charge in [-0.15, -0.1) is 12.4 Å². The second kappa shape index (κ2) is 6.18. The van der Waals surface area contributed by atoms with Crippen molar-refractivity contribution in [3.8, 4) is 0 Å². The highest BCUT2D eigenvalue weighted by Gasteiger charge is 2.24. The van der Waals surface area contributed by atoms with Crippen molar-refractivity contribution in [3.05, 3.63) is 0 Å². The molecule has 78 valence electrons. The van der Waals surface area contributed by atoms with Gasteiger partial charge in [-0.05, 0) is 13.3 Å². The summed E-state index contributed by atoms with van der Waals surface area (Å²) in [6, 6.07) is 0.0963. The molecule has 0 bridgehead atoms. The van der Waals surface area contributed by atoms with E-state index in [0.717, 1.165) is 0 Å². The van der Waals surface area contributed by atoms with Gasteiger partial charge in [0.1, 0.15) is 0 Å². The zero-order valence-electron chi connectivity index (χ0n) is 7.66. The van der Waals surface area contributed by atoms with Gasteiger partial charge in [0.25, 0.3) is 0 Å². The summed E-state index contributed by atoms with van der Waals surface area (Å²) in [5, 5.41) is 12.2. The number of carbonyl (C=O) groups is 1. The summed E-state index contributed by atoms with van der Waals surface area (Å²) >= 11 is 0. The largest absolute Gasteiger partial charge is 0.466 e. The number of β-amino-alcohol motifs (C(OH)–C–C–N with tert-alkyl or cyclic N) is 1. The number of aliphatic hydroxyl groups is 1. The lowest BCUT2D eigenvalue weighted by Gasteiger charge is -2.07. The third-order valence-corrected chi connectivity index (χ3v) is 1.92. The van der Waals surface area contributed by atoms with Gasteiger partial charge in [0, 0.05) is 12.6 Å². The fourth-order valence-electron chi connectivity index (χ4n) is 1.37.